The van der Waals surface area contributed by atoms with Gasteiger partial charge in [-0.3, -0.25) is 9.69 Å². The molecule has 43 heavy (non-hydrogen) atoms. The van der Waals surface area contributed by atoms with Gasteiger partial charge in [-0.2, -0.15) is 22.0 Å². The van der Waals surface area contributed by atoms with Crippen LogP contribution < -0.4 is 14.4 Å². The first-order chi connectivity index (χ1) is 20.4. The summed E-state index contributed by atoms with van der Waals surface area (Å²) in [6, 6.07) is 8.51. The average Bonchev–Trinajstić information content (AvgIpc) is 3.72. The second-order valence-corrected chi connectivity index (χ2v) is 12.0. The fourth-order valence-electron chi connectivity index (χ4n) is 6.44. The van der Waals surface area contributed by atoms with Gasteiger partial charge >= 0.3 is 18.1 Å². The molecule has 3 aliphatic rings. The number of pyridine rings is 1. The third kappa shape index (κ3) is 7.50. The first kappa shape index (κ1) is 31.3. The van der Waals surface area contributed by atoms with E-state index in [4.69, 9.17) is 9.47 Å². The van der Waals surface area contributed by atoms with E-state index in [1.54, 1.807) is 18.3 Å². The number of ether oxygens (including phenoxy) is 2. The van der Waals surface area contributed by atoms with E-state index in [0.717, 1.165) is 42.5 Å². The molecule has 0 spiro atoms. The molecular formula is C31H38F5N3O4. The van der Waals surface area contributed by atoms with Gasteiger partial charge in [0.15, 0.2) is 0 Å². The molecule has 1 N–H and O–H groups in total. The van der Waals surface area contributed by atoms with Crippen molar-refractivity contribution < 1.29 is 41.3 Å². The van der Waals surface area contributed by atoms with Crippen LogP contribution in [0.25, 0.3) is 0 Å². The van der Waals surface area contributed by atoms with E-state index in [0.29, 0.717) is 50.1 Å². The maximum absolute atomic E-state index is 14.0. The third-order valence-corrected chi connectivity index (χ3v) is 8.97. The number of nitrogens with zero attached hydrogens (tertiary/aromatic N) is 3. The van der Waals surface area contributed by atoms with Gasteiger partial charge in [-0.25, -0.2) is 4.98 Å². The molecule has 0 bridgehead atoms. The van der Waals surface area contributed by atoms with E-state index in [9.17, 15) is 31.9 Å². The van der Waals surface area contributed by atoms with Crippen molar-refractivity contribution >= 4 is 11.7 Å². The summed E-state index contributed by atoms with van der Waals surface area (Å²) in [6.07, 6.45) is 0.829. The molecule has 5 rings (SSSR count). The van der Waals surface area contributed by atoms with Crippen molar-refractivity contribution in [1.82, 2.24) is 9.88 Å². The molecule has 7 nitrogen and oxygen atoms in total. The maximum Gasteiger partial charge on any atom is 0.454 e. The summed E-state index contributed by atoms with van der Waals surface area (Å²) in [5.41, 5.74) is 2.47. The van der Waals surface area contributed by atoms with Crippen molar-refractivity contribution in [3.8, 4) is 11.6 Å². The van der Waals surface area contributed by atoms with E-state index < -0.39 is 30.7 Å². The fourth-order valence-corrected chi connectivity index (χ4v) is 6.44. The number of halogens is 5. The number of hydrogen-bond donors (Lipinski definition) is 1. The van der Waals surface area contributed by atoms with Gasteiger partial charge in [0.1, 0.15) is 5.75 Å². The molecule has 1 aliphatic carbocycles. The molecule has 2 saturated heterocycles. The van der Waals surface area contributed by atoms with Crippen molar-refractivity contribution in [2.75, 3.05) is 44.8 Å². The Bertz CT molecular complexity index is 1260. The highest BCUT2D eigenvalue weighted by molar-refractivity contribution is 5.68. The number of alkyl halides is 5. The van der Waals surface area contributed by atoms with Crippen LogP contribution in [0.15, 0.2) is 36.5 Å². The highest BCUT2D eigenvalue weighted by atomic mass is 19.4. The van der Waals surface area contributed by atoms with Gasteiger partial charge in [-0.15, -0.1) is 0 Å². The second-order valence-electron chi connectivity index (χ2n) is 12.0. The number of benzene rings is 1. The lowest BCUT2D eigenvalue weighted by atomic mass is 9.92. The number of carbonyl (C=O) groups is 1. The molecule has 3 fully saturated rings. The van der Waals surface area contributed by atoms with Gasteiger partial charge in [0.25, 0.3) is 0 Å². The van der Waals surface area contributed by atoms with E-state index in [1.807, 2.05) is 18.2 Å². The van der Waals surface area contributed by atoms with Gasteiger partial charge in [0.05, 0.1) is 26.7 Å². The lowest BCUT2D eigenvalue weighted by molar-refractivity contribution is -0.287. The number of rotatable bonds is 12. The summed E-state index contributed by atoms with van der Waals surface area (Å²) in [6.45, 7) is 0.587. The SMILES string of the molecule is COc1ccc(C2CCCN2CC(F)(F)C(F)(F)F)c(N2CCC(COc3cc(C(CC(=O)O)C4CC4)ccn3)CC2)c1. The van der Waals surface area contributed by atoms with Crippen molar-refractivity contribution in [3.05, 3.63) is 47.7 Å². The first-order valence-corrected chi connectivity index (χ1v) is 14.9. The maximum atomic E-state index is 14.0. The summed E-state index contributed by atoms with van der Waals surface area (Å²) in [4.78, 5) is 19.1. The van der Waals surface area contributed by atoms with Crippen LogP contribution in [0.3, 0.4) is 0 Å². The number of piperidine rings is 1. The largest absolute Gasteiger partial charge is 0.497 e. The van der Waals surface area contributed by atoms with Gasteiger partial charge in [-0.1, -0.05) is 6.07 Å². The summed E-state index contributed by atoms with van der Waals surface area (Å²) in [5.74, 6) is -3.96. The third-order valence-electron chi connectivity index (χ3n) is 8.97. The molecule has 1 aromatic carbocycles. The number of anilines is 1. The number of carboxylic acid groups (broad SMARTS) is 1. The summed E-state index contributed by atoms with van der Waals surface area (Å²) < 4.78 is 78.4. The Kier molecular flexibility index (Phi) is 9.34. The van der Waals surface area contributed by atoms with Crippen molar-refractivity contribution in [1.29, 1.82) is 0 Å². The van der Waals surface area contributed by atoms with Crippen LogP contribution in [-0.4, -0.2) is 73.0 Å². The zero-order valence-corrected chi connectivity index (χ0v) is 24.2. The highest BCUT2D eigenvalue weighted by Gasteiger charge is 2.58. The minimum Gasteiger partial charge on any atom is -0.497 e. The van der Waals surface area contributed by atoms with Gasteiger partial charge in [-0.05, 0) is 86.1 Å². The van der Waals surface area contributed by atoms with Crippen LogP contribution in [0.5, 0.6) is 11.6 Å². The first-order valence-electron chi connectivity index (χ1n) is 14.9. The number of hydrogen-bond acceptors (Lipinski definition) is 6. The number of carboxylic acids is 1. The van der Waals surface area contributed by atoms with E-state index in [-0.39, 0.29) is 24.8 Å². The Morgan fingerprint density at radius 1 is 1.05 bits per heavy atom. The van der Waals surface area contributed by atoms with Crippen LogP contribution in [0, 0.1) is 11.8 Å². The molecule has 236 valence electrons. The predicted molar refractivity (Wildman–Crippen MR) is 150 cm³/mol. The van der Waals surface area contributed by atoms with Crippen LogP contribution in [0.2, 0.25) is 0 Å². The van der Waals surface area contributed by atoms with Crippen LogP contribution in [0.4, 0.5) is 27.6 Å². The van der Waals surface area contributed by atoms with Crippen LogP contribution >= 0.6 is 0 Å². The lowest BCUT2D eigenvalue weighted by Crippen LogP contribution is -2.47. The summed E-state index contributed by atoms with van der Waals surface area (Å²) in [7, 11) is 1.53. The Hall–Kier alpha value is -3.15. The Morgan fingerprint density at radius 3 is 2.44 bits per heavy atom. The van der Waals surface area contributed by atoms with Gasteiger partial charge < -0.3 is 19.5 Å². The molecule has 12 heteroatoms. The minimum atomic E-state index is -5.60. The summed E-state index contributed by atoms with van der Waals surface area (Å²) in [5, 5.41) is 9.33. The van der Waals surface area contributed by atoms with E-state index in [1.165, 1.54) is 12.0 Å². The topological polar surface area (TPSA) is 75.1 Å². The standard InChI is InChI=1S/C31H38F5N3O4/c1-42-23-6-7-24(26-3-2-12-39(26)19-30(32,33)31(34,35)36)27(16-23)38-13-9-20(10-14-38)18-43-28-15-22(8-11-37-28)25(17-29(40)41)21-4-5-21/h6-8,11,15-16,20-21,25-26H,2-5,9-10,12-14,17-19H2,1H3,(H,40,41). The Labute approximate surface area is 248 Å². The molecule has 1 aromatic heterocycles. The Morgan fingerprint density at radius 2 is 1.79 bits per heavy atom. The molecule has 0 radical (unpaired) electrons. The molecule has 2 aromatic rings. The number of aliphatic carboxylic acids is 1. The lowest BCUT2D eigenvalue weighted by Gasteiger charge is -2.37. The average molecular weight is 612 g/mol. The van der Waals surface area contributed by atoms with E-state index in [2.05, 4.69) is 9.88 Å². The summed E-state index contributed by atoms with van der Waals surface area (Å²) >= 11 is 0. The van der Waals surface area contributed by atoms with Crippen molar-refractivity contribution in [2.45, 2.75) is 69.0 Å². The molecule has 1 saturated carbocycles. The minimum absolute atomic E-state index is 0.0429. The zero-order valence-electron chi connectivity index (χ0n) is 24.2. The Balaban J connectivity index is 1.22. The normalized spacial score (nSPS) is 21.2. The van der Waals surface area contributed by atoms with Crippen molar-refractivity contribution in [3.63, 3.8) is 0 Å². The molecule has 2 atom stereocenters. The molecular weight excluding hydrogens is 573 g/mol. The van der Waals surface area contributed by atoms with Gasteiger partial charge in [0, 0.05) is 43.1 Å². The predicted octanol–water partition coefficient (Wildman–Crippen LogP) is 6.69. The van der Waals surface area contributed by atoms with Crippen LogP contribution in [-0.2, 0) is 4.79 Å². The highest BCUT2D eigenvalue weighted by Crippen LogP contribution is 2.46. The molecule has 3 heterocycles. The quantitative estimate of drug-likeness (QED) is 0.268. The number of likely N-dealkylation sites (tertiary alicyclic amines) is 1. The number of methoxy groups -OCH3 is 1. The monoisotopic (exact) mass is 611 g/mol. The molecule has 0 amide bonds. The van der Waals surface area contributed by atoms with Crippen LogP contribution in [0.1, 0.15) is 68.0 Å². The number of aromatic nitrogens is 1. The second kappa shape index (κ2) is 12.8. The smallest absolute Gasteiger partial charge is 0.454 e. The van der Waals surface area contributed by atoms with Gasteiger partial charge in [0.2, 0.25) is 5.88 Å². The van der Waals surface area contributed by atoms with E-state index >= 15 is 0 Å². The molecule has 2 aliphatic heterocycles. The zero-order chi connectivity index (χ0) is 30.8. The molecule has 2 unspecified atom stereocenters. The fraction of sp³-hybridized carbons (Fsp3) is 0.613. The van der Waals surface area contributed by atoms with Crippen molar-refractivity contribution in [2.24, 2.45) is 11.8 Å².